The van der Waals surface area contributed by atoms with Crippen LogP contribution in [-0.4, -0.2) is 0 Å². The van der Waals surface area contributed by atoms with Gasteiger partial charge in [0.1, 0.15) is 0 Å². The fourth-order valence-corrected chi connectivity index (χ4v) is 1.65. The van der Waals surface area contributed by atoms with Gasteiger partial charge >= 0.3 is 0 Å². The first kappa shape index (κ1) is 10.1. The van der Waals surface area contributed by atoms with Gasteiger partial charge in [0.2, 0.25) is 0 Å². The first-order chi connectivity index (χ1) is 5.52. The molecule has 1 saturated carbocycles. The van der Waals surface area contributed by atoms with Gasteiger partial charge in [-0.1, -0.05) is 47.0 Å². The molecule has 0 bridgehead atoms. The maximum atomic E-state index is 2.41. The molecule has 12 heavy (non-hydrogen) atoms. The molecule has 0 radical (unpaired) electrons. The third kappa shape index (κ3) is 2.50. The summed E-state index contributed by atoms with van der Waals surface area (Å²) in [5, 5.41) is 0. The third-order valence-corrected chi connectivity index (χ3v) is 3.98. The summed E-state index contributed by atoms with van der Waals surface area (Å²) >= 11 is 0. The number of rotatable bonds is 4. The Hall–Kier alpha value is 0. The van der Waals surface area contributed by atoms with Crippen molar-refractivity contribution in [3.63, 3.8) is 0 Å². The van der Waals surface area contributed by atoms with Crippen molar-refractivity contribution in [2.45, 2.75) is 59.8 Å². The lowest BCUT2D eigenvalue weighted by Crippen LogP contribution is -2.22. The number of hydrogen-bond acceptors (Lipinski definition) is 0. The highest BCUT2D eigenvalue weighted by molar-refractivity contribution is 4.77. The summed E-state index contributed by atoms with van der Waals surface area (Å²) in [5.74, 6) is 1.92. The molecule has 0 spiro atoms. The van der Waals surface area contributed by atoms with Gasteiger partial charge in [-0.3, -0.25) is 0 Å². The standard InChI is InChI=1S/C12H24/c1-10(2)12(3,4)9-8-11-6-5-7-11/h10-11H,5-9H2,1-4H3. The van der Waals surface area contributed by atoms with Crippen LogP contribution in [0.1, 0.15) is 59.8 Å². The van der Waals surface area contributed by atoms with E-state index in [9.17, 15) is 0 Å². The second-order valence-corrected chi connectivity index (χ2v) is 5.48. The molecule has 0 aromatic heterocycles. The molecule has 1 fully saturated rings. The zero-order valence-electron chi connectivity index (χ0n) is 9.19. The third-order valence-electron chi connectivity index (χ3n) is 3.98. The van der Waals surface area contributed by atoms with Crippen LogP contribution in [0.4, 0.5) is 0 Å². The van der Waals surface area contributed by atoms with Gasteiger partial charge in [-0.05, 0) is 30.1 Å². The molecule has 72 valence electrons. The van der Waals surface area contributed by atoms with E-state index in [0.717, 1.165) is 11.8 Å². The monoisotopic (exact) mass is 168 g/mol. The highest BCUT2D eigenvalue weighted by Crippen LogP contribution is 2.37. The highest BCUT2D eigenvalue weighted by atomic mass is 14.3. The summed E-state index contributed by atoms with van der Waals surface area (Å²) in [5.41, 5.74) is 0.565. The van der Waals surface area contributed by atoms with E-state index < -0.39 is 0 Å². The average Bonchev–Trinajstić information content (AvgIpc) is 1.83. The Labute approximate surface area is 77.7 Å². The predicted octanol–water partition coefficient (Wildman–Crippen LogP) is 4.25. The summed E-state index contributed by atoms with van der Waals surface area (Å²) in [7, 11) is 0. The SMILES string of the molecule is CC(C)C(C)(C)CCC1CCC1. The molecule has 0 aliphatic heterocycles. The summed E-state index contributed by atoms with van der Waals surface area (Å²) in [6, 6.07) is 0. The minimum absolute atomic E-state index is 0.565. The zero-order valence-corrected chi connectivity index (χ0v) is 9.19. The van der Waals surface area contributed by atoms with Crippen LogP contribution in [0.5, 0.6) is 0 Å². The molecule has 0 amide bonds. The Balaban J connectivity index is 2.19. The molecule has 0 heteroatoms. The molecule has 0 unspecified atom stereocenters. The Kier molecular flexibility index (Phi) is 3.20. The van der Waals surface area contributed by atoms with Crippen molar-refractivity contribution in [3.8, 4) is 0 Å². The van der Waals surface area contributed by atoms with Gasteiger partial charge in [0.15, 0.2) is 0 Å². The second-order valence-electron chi connectivity index (χ2n) is 5.48. The maximum Gasteiger partial charge on any atom is -0.0331 e. The molecule has 0 aromatic rings. The molecule has 0 aromatic carbocycles. The first-order valence-electron chi connectivity index (χ1n) is 5.52. The lowest BCUT2D eigenvalue weighted by atomic mass is 9.72. The molecule has 0 nitrogen and oxygen atoms in total. The normalized spacial score (nSPS) is 19.8. The molecule has 1 aliphatic rings. The van der Waals surface area contributed by atoms with Crippen molar-refractivity contribution in [1.29, 1.82) is 0 Å². The largest absolute Gasteiger partial charge is 0.0623 e. The summed E-state index contributed by atoms with van der Waals surface area (Å²) < 4.78 is 0. The Morgan fingerprint density at radius 1 is 1.25 bits per heavy atom. The Morgan fingerprint density at radius 2 is 1.83 bits per heavy atom. The van der Waals surface area contributed by atoms with Gasteiger partial charge in [-0.15, -0.1) is 0 Å². The minimum Gasteiger partial charge on any atom is -0.0623 e. The minimum atomic E-state index is 0.565. The van der Waals surface area contributed by atoms with Crippen LogP contribution >= 0.6 is 0 Å². The fraction of sp³-hybridized carbons (Fsp3) is 1.00. The molecule has 1 rings (SSSR count). The van der Waals surface area contributed by atoms with Crippen LogP contribution in [0, 0.1) is 17.3 Å². The Morgan fingerprint density at radius 3 is 2.17 bits per heavy atom. The van der Waals surface area contributed by atoms with E-state index >= 15 is 0 Å². The Bertz CT molecular complexity index is 129. The highest BCUT2D eigenvalue weighted by Gasteiger charge is 2.25. The van der Waals surface area contributed by atoms with E-state index in [2.05, 4.69) is 27.7 Å². The van der Waals surface area contributed by atoms with E-state index in [0.29, 0.717) is 5.41 Å². The summed E-state index contributed by atoms with van der Waals surface area (Å²) in [4.78, 5) is 0. The van der Waals surface area contributed by atoms with Crippen LogP contribution < -0.4 is 0 Å². The first-order valence-corrected chi connectivity index (χ1v) is 5.52. The smallest absolute Gasteiger partial charge is 0.0331 e. The van der Waals surface area contributed by atoms with Crippen molar-refractivity contribution >= 4 is 0 Å². The van der Waals surface area contributed by atoms with Gasteiger partial charge in [0.05, 0.1) is 0 Å². The van der Waals surface area contributed by atoms with Crippen LogP contribution in [0.15, 0.2) is 0 Å². The van der Waals surface area contributed by atoms with Crippen molar-refractivity contribution in [1.82, 2.24) is 0 Å². The van der Waals surface area contributed by atoms with Crippen LogP contribution in [0.25, 0.3) is 0 Å². The van der Waals surface area contributed by atoms with E-state index in [1.165, 1.54) is 32.1 Å². The van der Waals surface area contributed by atoms with E-state index in [4.69, 9.17) is 0 Å². The zero-order chi connectivity index (χ0) is 9.19. The maximum absolute atomic E-state index is 2.41. The fourth-order valence-electron chi connectivity index (χ4n) is 1.65. The molecule has 0 heterocycles. The quantitative estimate of drug-likeness (QED) is 0.588. The molecule has 0 saturated heterocycles. The van der Waals surface area contributed by atoms with E-state index in [-0.39, 0.29) is 0 Å². The van der Waals surface area contributed by atoms with Gasteiger partial charge < -0.3 is 0 Å². The van der Waals surface area contributed by atoms with Gasteiger partial charge in [-0.25, -0.2) is 0 Å². The van der Waals surface area contributed by atoms with Gasteiger partial charge in [0, 0.05) is 0 Å². The van der Waals surface area contributed by atoms with Gasteiger partial charge in [-0.2, -0.15) is 0 Å². The summed E-state index contributed by atoms with van der Waals surface area (Å²) in [6.07, 6.45) is 7.41. The second kappa shape index (κ2) is 3.81. The van der Waals surface area contributed by atoms with E-state index in [1.807, 2.05) is 0 Å². The molecular formula is C12H24. The molecule has 1 aliphatic carbocycles. The van der Waals surface area contributed by atoms with Crippen molar-refractivity contribution < 1.29 is 0 Å². The number of hydrogen-bond donors (Lipinski definition) is 0. The lowest BCUT2D eigenvalue weighted by Gasteiger charge is -2.33. The predicted molar refractivity (Wildman–Crippen MR) is 55.2 cm³/mol. The molecule has 0 atom stereocenters. The van der Waals surface area contributed by atoms with Crippen molar-refractivity contribution in [3.05, 3.63) is 0 Å². The molecular weight excluding hydrogens is 144 g/mol. The van der Waals surface area contributed by atoms with Crippen molar-refractivity contribution in [2.24, 2.45) is 17.3 Å². The molecule has 0 N–H and O–H groups in total. The van der Waals surface area contributed by atoms with Crippen LogP contribution in [-0.2, 0) is 0 Å². The van der Waals surface area contributed by atoms with Crippen LogP contribution in [0.2, 0.25) is 0 Å². The summed E-state index contributed by atoms with van der Waals surface area (Å²) in [6.45, 7) is 9.52. The van der Waals surface area contributed by atoms with Gasteiger partial charge in [0.25, 0.3) is 0 Å². The average molecular weight is 168 g/mol. The van der Waals surface area contributed by atoms with Crippen LogP contribution in [0.3, 0.4) is 0 Å². The van der Waals surface area contributed by atoms with Crippen molar-refractivity contribution in [2.75, 3.05) is 0 Å². The lowest BCUT2D eigenvalue weighted by molar-refractivity contribution is 0.181. The van der Waals surface area contributed by atoms with E-state index in [1.54, 1.807) is 0 Å². The topological polar surface area (TPSA) is 0 Å².